The zero-order valence-corrected chi connectivity index (χ0v) is 7.27. The molecule has 0 bridgehead atoms. The maximum atomic E-state index is 11.4. The first-order valence-corrected chi connectivity index (χ1v) is 4.01. The molecule has 14 heavy (non-hydrogen) atoms. The van der Waals surface area contributed by atoms with Crippen LogP contribution in [0.2, 0.25) is 0 Å². The normalized spacial score (nSPS) is 10.3. The Balaban J connectivity index is 3.05. The highest BCUT2D eigenvalue weighted by atomic mass is 16.1. The van der Waals surface area contributed by atoms with Crippen molar-refractivity contribution < 1.29 is 0 Å². The molecule has 0 aliphatic heterocycles. The minimum Gasteiger partial charge on any atom is -0.369 e. The number of rotatable bonds is 1. The van der Waals surface area contributed by atoms with E-state index >= 15 is 0 Å². The van der Waals surface area contributed by atoms with E-state index in [4.69, 9.17) is 11.1 Å². The number of nitrogens with one attached hydrogen (secondary N) is 1. The highest BCUT2D eigenvalue weighted by Gasteiger charge is 2.04. The van der Waals surface area contributed by atoms with Crippen LogP contribution in [0.25, 0.3) is 10.9 Å². The van der Waals surface area contributed by atoms with Gasteiger partial charge in [-0.05, 0) is 12.1 Å². The van der Waals surface area contributed by atoms with Crippen molar-refractivity contribution in [2.75, 3.05) is 5.73 Å². The van der Waals surface area contributed by atoms with Crippen LogP contribution in [0.4, 0.5) is 5.95 Å². The number of hydrogen-bond donors (Lipinski definition) is 2. The molecule has 5 heteroatoms. The van der Waals surface area contributed by atoms with Crippen molar-refractivity contribution >= 4 is 23.2 Å². The predicted molar refractivity (Wildman–Crippen MR) is 54.6 cm³/mol. The Bertz CT molecular complexity index is 558. The van der Waals surface area contributed by atoms with E-state index in [-0.39, 0.29) is 11.5 Å². The molecule has 0 saturated carbocycles. The zero-order valence-electron chi connectivity index (χ0n) is 7.27. The first-order valence-electron chi connectivity index (χ1n) is 4.01. The van der Waals surface area contributed by atoms with Gasteiger partial charge in [0.05, 0.1) is 17.2 Å². The topological polar surface area (TPSA) is 84.8 Å². The second-order valence-electron chi connectivity index (χ2n) is 2.79. The van der Waals surface area contributed by atoms with Gasteiger partial charge in [0, 0.05) is 0 Å². The van der Waals surface area contributed by atoms with Gasteiger partial charge in [0.25, 0.3) is 5.56 Å². The number of aromatic nitrogens is 2. The molecule has 1 heterocycles. The van der Waals surface area contributed by atoms with Gasteiger partial charge in [0.1, 0.15) is 0 Å². The zero-order chi connectivity index (χ0) is 10.1. The fourth-order valence-corrected chi connectivity index (χ4v) is 1.34. The van der Waals surface area contributed by atoms with Crippen LogP contribution in [0.3, 0.4) is 0 Å². The van der Waals surface area contributed by atoms with Crippen LogP contribution >= 0.6 is 0 Å². The highest BCUT2D eigenvalue weighted by molar-refractivity contribution is 5.85. The van der Waals surface area contributed by atoms with E-state index in [1.54, 1.807) is 24.3 Å². The second-order valence-corrected chi connectivity index (χ2v) is 2.79. The summed E-state index contributed by atoms with van der Waals surface area (Å²) in [6.07, 6.45) is 1.03. The first-order chi connectivity index (χ1) is 6.74. The van der Waals surface area contributed by atoms with Gasteiger partial charge >= 0.3 is 0 Å². The largest absolute Gasteiger partial charge is 0.369 e. The Morgan fingerprint density at radius 3 is 2.86 bits per heavy atom. The molecule has 3 N–H and O–H groups in total. The summed E-state index contributed by atoms with van der Waals surface area (Å²) in [6.45, 7) is 0. The highest BCUT2D eigenvalue weighted by Crippen LogP contribution is 2.09. The molecular weight excluding hydrogens is 180 g/mol. The smallest absolute Gasteiger partial charge is 0.282 e. The molecule has 0 aliphatic rings. The summed E-state index contributed by atoms with van der Waals surface area (Å²) in [5.74, 6) is 0.0312. The van der Waals surface area contributed by atoms with E-state index in [0.717, 1.165) is 6.34 Å². The first kappa shape index (κ1) is 8.43. The quantitative estimate of drug-likeness (QED) is 0.502. The summed E-state index contributed by atoms with van der Waals surface area (Å²) in [7, 11) is 0. The Morgan fingerprint density at radius 1 is 1.43 bits per heavy atom. The fraction of sp³-hybridized carbons (Fsp3) is 0. The molecule has 0 atom stereocenters. The van der Waals surface area contributed by atoms with Gasteiger partial charge in [0.2, 0.25) is 5.95 Å². The Labute approximate surface area is 79.3 Å². The number of nitrogen functional groups attached to an aromatic ring is 1. The van der Waals surface area contributed by atoms with Gasteiger partial charge in [-0.25, -0.2) is 0 Å². The van der Waals surface area contributed by atoms with Gasteiger partial charge < -0.3 is 5.73 Å². The third-order valence-corrected chi connectivity index (χ3v) is 1.99. The Morgan fingerprint density at radius 2 is 2.14 bits per heavy atom. The van der Waals surface area contributed by atoms with E-state index < -0.39 is 0 Å². The molecule has 2 rings (SSSR count). The molecule has 0 unspecified atom stereocenters. The molecule has 2 aromatic rings. The molecule has 5 nitrogen and oxygen atoms in total. The molecule has 1 aromatic carbocycles. The lowest BCUT2D eigenvalue weighted by atomic mass is 10.2. The molecule has 1 aromatic heterocycles. The van der Waals surface area contributed by atoms with Crippen molar-refractivity contribution in [1.29, 1.82) is 5.41 Å². The summed E-state index contributed by atoms with van der Waals surface area (Å²) >= 11 is 0. The number of nitrogens with zero attached hydrogens (tertiary/aromatic N) is 2. The number of nitrogens with two attached hydrogens (primary N) is 1. The molecule has 0 radical (unpaired) electrons. The van der Waals surface area contributed by atoms with Gasteiger partial charge in [0.15, 0.2) is 0 Å². The van der Waals surface area contributed by atoms with Crippen LogP contribution in [-0.4, -0.2) is 15.9 Å². The summed E-state index contributed by atoms with van der Waals surface area (Å²) in [4.78, 5) is 15.0. The van der Waals surface area contributed by atoms with Crippen LogP contribution in [0.5, 0.6) is 0 Å². The lowest BCUT2D eigenvalue weighted by Crippen LogP contribution is -2.17. The SMILES string of the molecule is N=Cn1c(N)nc(=O)c2ccccc21. The van der Waals surface area contributed by atoms with Crippen molar-refractivity contribution in [3.8, 4) is 0 Å². The average Bonchev–Trinajstić information content (AvgIpc) is 2.18. The van der Waals surface area contributed by atoms with Crippen molar-refractivity contribution in [3.63, 3.8) is 0 Å². The van der Waals surface area contributed by atoms with Crippen LogP contribution in [-0.2, 0) is 0 Å². The van der Waals surface area contributed by atoms with Gasteiger partial charge in [-0.15, -0.1) is 0 Å². The number of para-hydroxylation sites is 1. The van der Waals surface area contributed by atoms with Crippen molar-refractivity contribution in [3.05, 3.63) is 34.6 Å². The monoisotopic (exact) mass is 188 g/mol. The average molecular weight is 188 g/mol. The standard InChI is InChI=1S/C9H8N4O/c10-5-13-7-4-2-1-3-6(7)8(14)12-9(13)11/h1-5,10H,(H2,11,12,14). The fourth-order valence-electron chi connectivity index (χ4n) is 1.34. The number of benzene rings is 1. The van der Waals surface area contributed by atoms with E-state index in [0.29, 0.717) is 10.9 Å². The van der Waals surface area contributed by atoms with Crippen molar-refractivity contribution in [2.45, 2.75) is 0 Å². The lowest BCUT2D eigenvalue weighted by Gasteiger charge is -2.05. The molecule has 0 spiro atoms. The molecule has 0 aliphatic carbocycles. The second kappa shape index (κ2) is 2.95. The maximum Gasteiger partial charge on any atom is 0.282 e. The minimum absolute atomic E-state index is 0.0312. The Kier molecular flexibility index (Phi) is 1.78. The summed E-state index contributed by atoms with van der Waals surface area (Å²) in [6, 6.07) is 6.90. The molecule has 0 fully saturated rings. The molecule has 70 valence electrons. The van der Waals surface area contributed by atoms with Gasteiger partial charge in [-0.1, -0.05) is 12.1 Å². The van der Waals surface area contributed by atoms with Crippen LogP contribution < -0.4 is 11.3 Å². The van der Waals surface area contributed by atoms with E-state index in [2.05, 4.69) is 4.98 Å². The minimum atomic E-state index is -0.365. The van der Waals surface area contributed by atoms with Gasteiger partial charge in [-0.3, -0.25) is 14.8 Å². The molecule has 0 saturated heterocycles. The summed E-state index contributed by atoms with van der Waals surface area (Å²) in [5, 5.41) is 7.62. The van der Waals surface area contributed by atoms with Crippen molar-refractivity contribution in [1.82, 2.24) is 9.55 Å². The van der Waals surface area contributed by atoms with E-state index in [1.165, 1.54) is 4.57 Å². The van der Waals surface area contributed by atoms with Crippen LogP contribution in [0.15, 0.2) is 29.1 Å². The Hall–Kier alpha value is -2.17. The summed E-state index contributed by atoms with van der Waals surface area (Å²) in [5.41, 5.74) is 5.73. The predicted octanol–water partition coefficient (Wildman–Crippen LogP) is 0.434. The molecule has 0 amide bonds. The third kappa shape index (κ3) is 1.06. The number of hydrogen-bond acceptors (Lipinski definition) is 4. The van der Waals surface area contributed by atoms with Crippen LogP contribution in [0, 0.1) is 5.41 Å². The molecular formula is C9H8N4O. The van der Waals surface area contributed by atoms with E-state index in [9.17, 15) is 4.79 Å². The number of anilines is 1. The maximum absolute atomic E-state index is 11.4. The third-order valence-electron chi connectivity index (χ3n) is 1.99. The van der Waals surface area contributed by atoms with Crippen LogP contribution in [0.1, 0.15) is 0 Å². The van der Waals surface area contributed by atoms with Crippen molar-refractivity contribution in [2.24, 2.45) is 0 Å². The van der Waals surface area contributed by atoms with Gasteiger partial charge in [-0.2, -0.15) is 4.98 Å². The number of fused-ring (bicyclic) bond motifs is 1. The van der Waals surface area contributed by atoms with E-state index in [1.807, 2.05) is 0 Å². The lowest BCUT2D eigenvalue weighted by molar-refractivity contribution is 1.10. The summed E-state index contributed by atoms with van der Waals surface area (Å²) < 4.78 is 1.36.